The summed E-state index contributed by atoms with van der Waals surface area (Å²) in [6.07, 6.45) is 0. The van der Waals surface area contributed by atoms with Crippen LogP contribution in [-0.2, 0) is 0 Å². The van der Waals surface area contributed by atoms with E-state index < -0.39 is 0 Å². The predicted octanol–water partition coefficient (Wildman–Crippen LogP) is 2.30. The van der Waals surface area contributed by atoms with Crippen LogP contribution < -0.4 is 10.1 Å². The van der Waals surface area contributed by atoms with Gasteiger partial charge in [0.25, 0.3) is 5.91 Å². The van der Waals surface area contributed by atoms with Gasteiger partial charge in [0, 0.05) is 5.56 Å². The van der Waals surface area contributed by atoms with Gasteiger partial charge < -0.3 is 10.1 Å². The molecule has 0 aromatic heterocycles. The zero-order valence-electron chi connectivity index (χ0n) is 9.71. The quantitative estimate of drug-likeness (QED) is 0.837. The molecule has 1 aromatic rings. The average Bonchev–Trinajstić information content (AvgIpc) is 2.30. The molecule has 1 aromatic carbocycles. The summed E-state index contributed by atoms with van der Waals surface area (Å²) in [6, 6.07) is 5.11. The van der Waals surface area contributed by atoms with Crippen molar-refractivity contribution < 1.29 is 9.53 Å². The van der Waals surface area contributed by atoms with Gasteiger partial charge in [0.15, 0.2) is 0 Å². The third-order valence-corrected chi connectivity index (χ3v) is 2.45. The maximum Gasteiger partial charge on any atom is 0.252 e. The van der Waals surface area contributed by atoms with Crippen LogP contribution in [0.3, 0.4) is 0 Å². The summed E-state index contributed by atoms with van der Waals surface area (Å²) in [4.78, 5) is 11.7. The topological polar surface area (TPSA) is 62.1 Å². The number of carbonyl (C=O) groups is 1. The normalized spacial score (nSPS) is 9.53. The molecule has 0 aliphatic carbocycles. The number of aryl methyl sites for hydroxylation is 1. The van der Waals surface area contributed by atoms with Gasteiger partial charge in [0.05, 0.1) is 17.7 Å². The number of rotatable bonds is 4. The Morgan fingerprint density at radius 2 is 2.29 bits per heavy atom. The number of amides is 1. The lowest BCUT2D eigenvalue weighted by molar-refractivity contribution is 0.0958. The largest absolute Gasteiger partial charge is 0.492 e. The zero-order valence-corrected chi connectivity index (χ0v) is 10.5. The van der Waals surface area contributed by atoms with E-state index in [1.165, 1.54) is 0 Å². The van der Waals surface area contributed by atoms with Gasteiger partial charge in [0.2, 0.25) is 0 Å². The van der Waals surface area contributed by atoms with Crippen molar-refractivity contribution in [1.82, 2.24) is 5.32 Å². The fraction of sp³-hybridized carbons (Fsp3) is 0.333. The van der Waals surface area contributed by atoms with Crippen LogP contribution in [0.25, 0.3) is 0 Å². The number of carbonyl (C=O) groups excluding carboxylic acids is 1. The number of benzene rings is 1. The highest BCUT2D eigenvalue weighted by atomic mass is 35.5. The van der Waals surface area contributed by atoms with E-state index in [2.05, 4.69) is 5.32 Å². The predicted molar refractivity (Wildman–Crippen MR) is 65.3 cm³/mol. The molecule has 0 heterocycles. The van der Waals surface area contributed by atoms with E-state index in [4.69, 9.17) is 21.6 Å². The lowest BCUT2D eigenvalue weighted by Crippen LogP contribution is -2.24. The summed E-state index contributed by atoms with van der Waals surface area (Å²) in [5.41, 5.74) is 1.21. The molecule has 0 unspecified atom stereocenters. The number of nitrogens with zero attached hydrogens (tertiary/aromatic N) is 1. The minimum absolute atomic E-state index is 0.0247. The van der Waals surface area contributed by atoms with Gasteiger partial charge >= 0.3 is 0 Å². The summed E-state index contributed by atoms with van der Waals surface area (Å²) < 4.78 is 5.32. The maximum absolute atomic E-state index is 11.7. The van der Waals surface area contributed by atoms with Crippen molar-refractivity contribution in [2.45, 2.75) is 13.8 Å². The molecule has 17 heavy (non-hydrogen) atoms. The molecule has 0 spiro atoms. The van der Waals surface area contributed by atoms with Crippen LogP contribution in [-0.4, -0.2) is 19.1 Å². The van der Waals surface area contributed by atoms with Gasteiger partial charge in [-0.15, -0.1) is 0 Å². The molecule has 0 radical (unpaired) electrons. The van der Waals surface area contributed by atoms with Crippen LogP contribution in [0.15, 0.2) is 12.1 Å². The van der Waals surface area contributed by atoms with Crippen LogP contribution in [0.1, 0.15) is 22.8 Å². The van der Waals surface area contributed by atoms with Gasteiger partial charge in [-0.25, -0.2) is 0 Å². The molecule has 5 heteroatoms. The second-order valence-corrected chi connectivity index (χ2v) is 3.78. The van der Waals surface area contributed by atoms with Crippen molar-refractivity contribution in [3.63, 3.8) is 0 Å². The van der Waals surface area contributed by atoms with E-state index in [1.807, 2.05) is 13.0 Å². The molecule has 4 nitrogen and oxygen atoms in total. The number of halogens is 1. The molecule has 0 aliphatic rings. The Bertz CT molecular complexity index is 466. The molecular formula is C12H13ClN2O2. The van der Waals surface area contributed by atoms with E-state index in [0.717, 1.165) is 5.56 Å². The minimum atomic E-state index is -0.311. The maximum atomic E-state index is 11.7. The Balaban J connectivity index is 2.99. The van der Waals surface area contributed by atoms with Crippen molar-refractivity contribution in [2.24, 2.45) is 0 Å². The summed E-state index contributed by atoms with van der Waals surface area (Å²) in [7, 11) is 0. The summed E-state index contributed by atoms with van der Waals surface area (Å²) in [6.45, 7) is 4.14. The third-order valence-electron chi connectivity index (χ3n) is 2.15. The Kier molecular flexibility index (Phi) is 4.80. The van der Waals surface area contributed by atoms with Crippen molar-refractivity contribution in [3.05, 3.63) is 28.3 Å². The summed E-state index contributed by atoms with van der Waals surface area (Å²) in [5, 5.41) is 11.2. The zero-order chi connectivity index (χ0) is 12.8. The molecule has 1 N–H and O–H groups in total. The fourth-order valence-electron chi connectivity index (χ4n) is 1.38. The molecule has 1 rings (SSSR count). The van der Waals surface area contributed by atoms with Gasteiger partial charge in [-0.3, -0.25) is 4.79 Å². The fourth-order valence-corrected chi connectivity index (χ4v) is 1.60. The Morgan fingerprint density at radius 1 is 1.59 bits per heavy atom. The van der Waals surface area contributed by atoms with E-state index >= 15 is 0 Å². The van der Waals surface area contributed by atoms with E-state index in [0.29, 0.717) is 22.9 Å². The second-order valence-electron chi connectivity index (χ2n) is 3.37. The first-order chi connectivity index (χ1) is 8.10. The van der Waals surface area contributed by atoms with Crippen LogP contribution >= 0.6 is 11.6 Å². The Morgan fingerprint density at radius 3 is 2.88 bits per heavy atom. The SMILES string of the molecule is CCOc1cc(C)c(C(=O)NCC#N)cc1Cl. The number of nitriles is 1. The van der Waals surface area contributed by atoms with Crippen LogP contribution in [0.5, 0.6) is 5.75 Å². The summed E-state index contributed by atoms with van der Waals surface area (Å²) in [5.74, 6) is 0.248. The van der Waals surface area contributed by atoms with Gasteiger partial charge in [-0.1, -0.05) is 11.6 Å². The molecule has 90 valence electrons. The highest BCUT2D eigenvalue weighted by Gasteiger charge is 2.12. The lowest BCUT2D eigenvalue weighted by atomic mass is 10.1. The first kappa shape index (κ1) is 13.3. The number of nitrogens with one attached hydrogen (secondary N) is 1. The van der Waals surface area contributed by atoms with Crippen molar-refractivity contribution >= 4 is 17.5 Å². The van der Waals surface area contributed by atoms with E-state index in [1.54, 1.807) is 19.1 Å². The molecule has 1 amide bonds. The van der Waals surface area contributed by atoms with Crippen molar-refractivity contribution in [3.8, 4) is 11.8 Å². The molecule has 0 aliphatic heterocycles. The van der Waals surface area contributed by atoms with E-state index in [-0.39, 0.29) is 12.5 Å². The molecular weight excluding hydrogens is 240 g/mol. The smallest absolute Gasteiger partial charge is 0.252 e. The van der Waals surface area contributed by atoms with Crippen LogP contribution in [0.4, 0.5) is 0 Å². The first-order valence-electron chi connectivity index (χ1n) is 5.18. The number of hydrogen-bond acceptors (Lipinski definition) is 3. The molecule has 0 saturated heterocycles. The molecule has 0 bridgehead atoms. The lowest BCUT2D eigenvalue weighted by Gasteiger charge is -2.10. The van der Waals surface area contributed by atoms with Crippen LogP contribution in [0, 0.1) is 18.3 Å². The van der Waals surface area contributed by atoms with Crippen LogP contribution in [0.2, 0.25) is 5.02 Å². The molecule has 0 fully saturated rings. The highest BCUT2D eigenvalue weighted by Crippen LogP contribution is 2.28. The second kappa shape index (κ2) is 6.12. The van der Waals surface area contributed by atoms with Crippen molar-refractivity contribution in [2.75, 3.05) is 13.2 Å². The standard InChI is InChI=1S/C12H13ClN2O2/c1-3-17-11-6-8(2)9(7-10(11)13)12(16)15-5-4-14/h6-7H,3,5H2,1-2H3,(H,15,16). The first-order valence-corrected chi connectivity index (χ1v) is 5.56. The van der Waals surface area contributed by atoms with Gasteiger partial charge in [-0.05, 0) is 31.5 Å². The van der Waals surface area contributed by atoms with E-state index in [9.17, 15) is 4.79 Å². The minimum Gasteiger partial charge on any atom is -0.492 e. The third kappa shape index (κ3) is 3.36. The van der Waals surface area contributed by atoms with Gasteiger partial charge in [0.1, 0.15) is 12.3 Å². The average molecular weight is 253 g/mol. The van der Waals surface area contributed by atoms with Crippen molar-refractivity contribution in [1.29, 1.82) is 5.26 Å². The highest BCUT2D eigenvalue weighted by molar-refractivity contribution is 6.32. The molecule has 0 saturated carbocycles. The number of hydrogen-bond donors (Lipinski definition) is 1. The monoisotopic (exact) mass is 252 g/mol. The number of ether oxygens (including phenoxy) is 1. The summed E-state index contributed by atoms with van der Waals surface area (Å²) >= 11 is 5.99. The molecule has 0 atom stereocenters. The Hall–Kier alpha value is -1.73. The Labute approximate surface area is 105 Å². The van der Waals surface area contributed by atoms with Gasteiger partial charge in [-0.2, -0.15) is 5.26 Å².